The van der Waals surface area contributed by atoms with Crippen molar-refractivity contribution in [2.24, 2.45) is 0 Å². The third-order valence-electron chi connectivity index (χ3n) is 1.93. The highest BCUT2D eigenvalue weighted by atomic mass is 32.2. The second-order valence-corrected chi connectivity index (χ2v) is 5.00. The number of aryl methyl sites for hydroxylation is 1. The van der Waals surface area contributed by atoms with E-state index in [0.717, 1.165) is 18.2 Å². The summed E-state index contributed by atoms with van der Waals surface area (Å²) in [6, 6.07) is 2.89. The predicted molar refractivity (Wildman–Crippen MR) is 49.8 cm³/mol. The van der Waals surface area contributed by atoms with Crippen LogP contribution in [0.4, 0.5) is 13.2 Å². The topological polar surface area (TPSA) is 51.2 Å². The zero-order chi connectivity index (χ0) is 12.6. The second-order valence-electron chi connectivity index (χ2n) is 3.09. The van der Waals surface area contributed by atoms with E-state index < -0.39 is 20.2 Å². The lowest BCUT2D eigenvalue weighted by atomic mass is 10.2. The van der Waals surface area contributed by atoms with E-state index >= 15 is 0 Å². The monoisotopic (exact) mass is 252 g/mol. The first-order valence-corrected chi connectivity index (χ1v) is 5.55. The van der Waals surface area contributed by atoms with Gasteiger partial charge in [0.15, 0.2) is 0 Å². The molecule has 16 heavy (non-hydrogen) atoms. The van der Waals surface area contributed by atoms with Gasteiger partial charge in [-0.25, -0.2) is 8.42 Å². The van der Waals surface area contributed by atoms with Crippen molar-refractivity contribution in [3.8, 4) is 0 Å². The van der Waals surface area contributed by atoms with Crippen LogP contribution in [0.25, 0.3) is 0 Å². The van der Waals surface area contributed by atoms with Crippen LogP contribution in [-0.2, 0) is 9.84 Å². The van der Waals surface area contributed by atoms with E-state index in [-0.39, 0.29) is 11.1 Å². The number of hydrogen-bond acceptors (Lipinski definition) is 3. The minimum atomic E-state index is -5.35. The number of rotatable bonds is 2. The van der Waals surface area contributed by atoms with Crippen LogP contribution < -0.4 is 0 Å². The molecule has 0 radical (unpaired) electrons. The van der Waals surface area contributed by atoms with Crippen molar-refractivity contribution in [1.29, 1.82) is 0 Å². The fourth-order valence-corrected chi connectivity index (χ4v) is 2.15. The van der Waals surface area contributed by atoms with Gasteiger partial charge < -0.3 is 0 Å². The van der Waals surface area contributed by atoms with Crippen LogP contribution in [0.1, 0.15) is 15.9 Å². The smallest absolute Gasteiger partial charge is 0.298 e. The van der Waals surface area contributed by atoms with Crippen molar-refractivity contribution in [1.82, 2.24) is 0 Å². The van der Waals surface area contributed by atoms with E-state index in [9.17, 15) is 26.4 Å². The molecule has 0 fully saturated rings. The summed E-state index contributed by atoms with van der Waals surface area (Å²) < 4.78 is 58.8. The van der Waals surface area contributed by atoms with Gasteiger partial charge in [-0.2, -0.15) is 13.2 Å². The van der Waals surface area contributed by atoms with Crippen molar-refractivity contribution in [2.75, 3.05) is 0 Å². The summed E-state index contributed by atoms with van der Waals surface area (Å²) in [6.07, 6.45) is 0.428. The zero-order valence-corrected chi connectivity index (χ0v) is 8.89. The van der Waals surface area contributed by atoms with Gasteiger partial charge in [0.05, 0.1) is 4.90 Å². The summed E-state index contributed by atoms with van der Waals surface area (Å²) in [7, 11) is -5.35. The molecule has 0 aliphatic rings. The Bertz CT molecular complexity index is 517. The molecule has 0 N–H and O–H groups in total. The Labute approximate surface area is 89.8 Å². The summed E-state index contributed by atoms with van der Waals surface area (Å²) in [4.78, 5) is 9.52. The molecule has 0 saturated carbocycles. The second kappa shape index (κ2) is 3.89. The fraction of sp³-hybridized carbons (Fsp3) is 0.222. The molecule has 1 rings (SSSR count). The lowest BCUT2D eigenvalue weighted by molar-refractivity contribution is -0.0436. The molecule has 0 atom stereocenters. The number of carbonyl (C=O) groups excluding carboxylic acids is 1. The molecule has 0 spiro atoms. The van der Waals surface area contributed by atoms with E-state index in [4.69, 9.17) is 0 Å². The Morgan fingerprint density at radius 2 is 1.81 bits per heavy atom. The molecule has 3 nitrogen and oxygen atoms in total. The lowest BCUT2D eigenvalue weighted by Gasteiger charge is -2.10. The predicted octanol–water partition coefficient (Wildman–Crippen LogP) is 2.10. The van der Waals surface area contributed by atoms with Crippen LogP contribution in [0.15, 0.2) is 23.1 Å². The summed E-state index contributed by atoms with van der Waals surface area (Å²) >= 11 is 0. The minimum Gasteiger partial charge on any atom is -0.298 e. The van der Waals surface area contributed by atoms with Gasteiger partial charge in [-0.15, -0.1) is 0 Å². The molecule has 88 valence electrons. The number of alkyl halides is 3. The molecule has 0 amide bonds. The number of carbonyl (C=O) groups is 1. The van der Waals surface area contributed by atoms with Gasteiger partial charge in [-0.3, -0.25) is 4.79 Å². The van der Waals surface area contributed by atoms with E-state index in [0.29, 0.717) is 6.29 Å². The Morgan fingerprint density at radius 3 is 2.19 bits per heavy atom. The molecule has 0 aliphatic heterocycles. The van der Waals surface area contributed by atoms with Crippen molar-refractivity contribution in [2.45, 2.75) is 17.3 Å². The lowest BCUT2D eigenvalue weighted by Crippen LogP contribution is -2.24. The maximum absolute atomic E-state index is 12.2. The van der Waals surface area contributed by atoms with Gasteiger partial charge in [-0.1, -0.05) is 6.07 Å². The summed E-state index contributed by atoms with van der Waals surface area (Å²) in [5, 5.41) is 0. The number of aldehydes is 1. The Morgan fingerprint density at radius 1 is 1.25 bits per heavy atom. The number of halogens is 3. The van der Waals surface area contributed by atoms with E-state index in [2.05, 4.69) is 0 Å². The first-order chi connectivity index (χ1) is 7.20. The molecular weight excluding hydrogens is 245 g/mol. The standard InChI is InChI=1S/C9H7F3O3S/c1-6-4-7(5-13)2-3-8(6)16(14,15)9(10,11)12/h2-5H,1H3. The van der Waals surface area contributed by atoms with E-state index in [1.54, 1.807) is 0 Å². The fourth-order valence-electron chi connectivity index (χ4n) is 1.17. The SMILES string of the molecule is Cc1cc(C=O)ccc1S(=O)(=O)C(F)(F)F. The van der Waals surface area contributed by atoms with Gasteiger partial charge in [0.2, 0.25) is 0 Å². The molecule has 0 aliphatic carbocycles. The third kappa shape index (κ3) is 2.08. The van der Waals surface area contributed by atoms with E-state index in [1.807, 2.05) is 0 Å². The van der Waals surface area contributed by atoms with Crippen molar-refractivity contribution < 1.29 is 26.4 Å². The first kappa shape index (κ1) is 12.7. The minimum absolute atomic E-state index is 0.109. The van der Waals surface area contributed by atoms with Crippen LogP contribution in [-0.4, -0.2) is 20.2 Å². The molecular formula is C9H7F3O3S. The van der Waals surface area contributed by atoms with Gasteiger partial charge in [0.25, 0.3) is 9.84 Å². The average molecular weight is 252 g/mol. The molecule has 7 heteroatoms. The third-order valence-corrected chi connectivity index (χ3v) is 3.58. The van der Waals surface area contributed by atoms with Gasteiger partial charge in [0, 0.05) is 5.56 Å². The van der Waals surface area contributed by atoms with Crippen molar-refractivity contribution in [3.63, 3.8) is 0 Å². The highest BCUT2D eigenvalue weighted by Crippen LogP contribution is 2.31. The molecule has 0 aromatic heterocycles. The Balaban J connectivity index is 3.42. The number of benzene rings is 1. The Hall–Kier alpha value is -1.37. The maximum Gasteiger partial charge on any atom is 0.501 e. The van der Waals surface area contributed by atoms with Crippen LogP contribution in [0.5, 0.6) is 0 Å². The van der Waals surface area contributed by atoms with Crippen LogP contribution in [0.2, 0.25) is 0 Å². The molecule has 1 aromatic rings. The largest absolute Gasteiger partial charge is 0.501 e. The van der Waals surface area contributed by atoms with Gasteiger partial charge >= 0.3 is 5.51 Å². The van der Waals surface area contributed by atoms with Crippen molar-refractivity contribution >= 4 is 16.1 Å². The summed E-state index contributed by atoms with van der Waals surface area (Å²) in [6.45, 7) is 1.20. The van der Waals surface area contributed by atoms with E-state index in [1.165, 1.54) is 6.92 Å². The van der Waals surface area contributed by atoms with Crippen LogP contribution in [0, 0.1) is 6.92 Å². The van der Waals surface area contributed by atoms with Gasteiger partial charge in [0.1, 0.15) is 6.29 Å². The first-order valence-electron chi connectivity index (χ1n) is 4.07. The highest BCUT2D eigenvalue weighted by molar-refractivity contribution is 7.92. The Kier molecular flexibility index (Phi) is 3.09. The number of hydrogen-bond donors (Lipinski definition) is 0. The molecule has 0 heterocycles. The zero-order valence-electron chi connectivity index (χ0n) is 8.08. The maximum atomic E-state index is 12.2. The normalized spacial score (nSPS) is 12.5. The van der Waals surface area contributed by atoms with Gasteiger partial charge in [-0.05, 0) is 24.6 Å². The average Bonchev–Trinajstić information content (AvgIpc) is 2.15. The molecule has 0 bridgehead atoms. The quantitative estimate of drug-likeness (QED) is 0.757. The van der Waals surface area contributed by atoms with Crippen molar-refractivity contribution in [3.05, 3.63) is 29.3 Å². The highest BCUT2D eigenvalue weighted by Gasteiger charge is 2.47. The number of sulfone groups is 1. The van der Waals surface area contributed by atoms with Crippen LogP contribution in [0.3, 0.4) is 0 Å². The summed E-state index contributed by atoms with van der Waals surface area (Å²) in [5.74, 6) is 0. The molecule has 1 aromatic carbocycles. The van der Waals surface area contributed by atoms with Crippen LogP contribution >= 0.6 is 0 Å². The molecule has 0 unspecified atom stereocenters. The summed E-state index contributed by atoms with van der Waals surface area (Å²) in [5.41, 5.74) is -5.32. The molecule has 0 saturated heterocycles.